The van der Waals surface area contributed by atoms with Crippen molar-refractivity contribution >= 4 is 11.6 Å². The number of methoxy groups -OCH3 is 1. The number of likely N-dealkylation sites (tertiary alicyclic amines) is 1. The van der Waals surface area contributed by atoms with Crippen LogP contribution in [0.25, 0.3) is 0 Å². The molecular weight excluding hydrogens is 372 g/mol. The van der Waals surface area contributed by atoms with E-state index in [9.17, 15) is 9.90 Å². The number of aliphatic hydroxyl groups excluding tert-OH is 1. The number of ether oxygens (including phenoxy) is 3. The standard InChI is InChI=1S/C22H26N2O5/c1-27-19-5-3-2-4-17(19)23-22(26)15-8-10-24(11-9-15)13-18(25)16-6-7-20-21(12-16)29-14-28-20/h2-7,12,15,18,25H,8-11,13-14H2,1H3,(H,23,26)/t18-/m0/s1. The second-order valence-electron chi connectivity index (χ2n) is 7.39. The van der Waals surface area contributed by atoms with Crippen LogP contribution in [0.2, 0.25) is 0 Å². The lowest BCUT2D eigenvalue weighted by molar-refractivity contribution is -0.121. The predicted molar refractivity (Wildman–Crippen MR) is 108 cm³/mol. The number of amides is 1. The van der Waals surface area contributed by atoms with E-state index in [1.54, 1.807) is 7.11 Å². The molecule has 0 saturated carbocycles. The molecule has 0 bridgehead atoms. The number of anilines is 1. The Labute approximate surface area is 170 Å². The van der Waals surface area contributed by atoms with Crippen molar-refractivity contribution in [1.82, 2.24) is 4.90 Å². The lowest BCUT2D eigenvalue weighted by atomic mass is 9.95. The number of hydrogen-bond donors (Lipinski definition) is 2. The summed E-state index contributed by atoms with van der Waals surface area (Å²) in [6.07, 6.45) is 0.910. The molecule has 7 nitrogen and oxygen atoms in total. The second kappa shape index (κ2) is 8.71. The summed E-state index contributed by atoms with van der Waals surface area (Å²) in [5, 5.41) is 13.6. The largest absolute Gasteiger partial charge is 0.495 e. The normalized spacial score (nSPS) is 17.7. The van der Waals surface area contributed by atoms with Gasteiger partial charge in [-0.1, -0.05) is 18.2 Å². The molecule has 2 aromatic carbocycles. The lowest BCUT2D eigenvalue weighted by Crippen LogP contribution is -2.40. The van der Waals surface area contributed by atoms with Gasteiger partial charge < -0.3 is 29.5 Å². The fraction of sp³-hybridized carbons (Fsp3) is 0.409. The summed E-state index contributed by atoms with van der Waals surface area (Å²) >= 11 is 0. The number of piperidine rings is 1. The summed E-state index contributed by atoms with van der Waals surface area (Å²) in [4.78, 5) is 14.8. The Bertz CT molecular complexity index is 864. The second-order valence-corrected chi connectivity index (χ2v) is 7.39. The van der Waals surface area contributed by atoms with E-state index >= 15 is 0 Å². The molecule has 1 atom stereocenters. The molecule has 7 heteroatoms. The van der Waals surface area contributed by atoms with Gasteiger partial charge in [-0.25, -0.2) is 0 Å². The highest BCUT2D eigenvalue weighted by molar-refractivity contribution is 5.94. The predicted octanol–water partition coefficient (Wildman–Crippen LogP) is 2.81. The van der Waals surface area contributed by atoms with E-state index in [0.29, 0.717) is 29.5 Å². The topological polar surface area (TPSA) is 80.3 Å². The molecule has 0 aromatic heterocycles. The van der Waals surface area contributed by atoms with Crippen LogP contribution in [-0.4, -0.2) is 49.5 Å². The molecule has 2 aliphatic heterocycles. The molecule has 1 saturated heterocycles. The molecular formula is C22H26N2O5. The molecule has 2 aliphatic rings. The van der Waals surface area contributed by atoms with Crippen LogP contribution in [0, 0.1) is 5.92 Å². The van der Waals surface area contributed by atoms with Crippen molar-refractivity contribution < 1.29 is 24.1 Å². The van der Waals surface area contributed by atoms with Crippen LogP contribution in [0.3, 0.4) is 0 Å². The summed E-state index contributed by atoms with van der Waals surface area (Å²) in [6.45, 7) is 2.29. The third-order valence-corrected chi connectivity index (χ3v) is 5.54. The number of rotatable bonds is 6. The van der Waals surface area contributed by atoms with Crippen molar-refractivity contribution in [3.63, 3.8) is 0 Å². The number of aliphatic hydroxyl groups is 1. The maximum atomic E-state index is 12.6. The third-order valence-electron chi connectivity index (χ3n) is 5.54. The zero-order valence-corrected chi connectivity index (χ0v) is 16.5. The molecule has 1 amide bonds. The van der Waals surface area contributed by atoms with Gasteiger partial charge in [-0.3, -0.25) is 4.79 Å². The van der Waals surface area contributed by atoms with E-state index in [0.717, 1.165) is 31.5 Å². The van der Waals surface area contributed by atoms with Gasteiger partial charge in [0, 0.05) is 12.5 Å². The van der Waals surface area contributed by atoms with Crippen molar-refractivity contribution in [3.05, 3.63) is 48.0 Å². The Morgan fingerprint density at radius 1 is 1.21 bits per heavy atom. The molecule has 2 N–H and O–H groups in total. The number of para-hydroxylation sites is 2. The number of nitrogens with zero attached hydrogens (tertiary/aromatic N) is 1. The average Bonchev–Trinajstić information content (AvgIpc) is 3.22. The molecule has 2 aromatic rings. The number of β-amino-alcohol motifs (C(OH)–C–C–N with tert-alkyl or cyclic N) is 1. The third kappa shape index (κ3) is 4.46. The van der Waals surface area contributed by atoms with Crippen molar-refractivity contribution in [2.75, 3.05) is 38.9 Å². The molecule has 154 valence electrons. The first-order valence-electron chi connectivity index (χ1n) is 9.88. The van der Waals surface area contributed by atoms with Crippen LogP contribution in [0.4, 0.5) is 5.69 Å². The highest BCUT2D eigenvalue weighted by Crippen LogP contribution is 2.34. The van der Waals surface area contributed by atoms with Gasteiger partial charge >= 0.3 is 0 Å². The first-order valence-corrected chi connectivity index (χ1v) is 9.88. The molecule has 4 rings (SSSR count). The Hall–Kier alpha value is -2.77. The van der Waals surface area contributed by atoms with Crippen molar-refractivity contribution in [2.24, 2.45) is 5.92 Å². The van der Waals surface area contributed by atoms with E-state index in [-0.39, 0.29) is 18.6 Å². The van der Waals surface area contributed by atoms with E-state index in [1.807, 2.05) is 42.5 Å². The Kier molecular flexibility index (Phi) is 5.87. The summed E-state index contributed by atoms with van der Waals surface area (Å²) < 4.78 is 16.0. The highest BCUT2D eigenvalue weighted by atomic mass is 16.7. The maximum Gasteiger partial charge on any atom is 0.231 e. The van der Waals surface area contributed by atoms with Gasteiger partial charge in [0.05, 0.1) is 18.9 Å². The first kappa shape index (κ1) is 19.5. The number of carbonyl (C=O) groups excluding carboxylic acids is 1. The molecule has 0 unspecified atom stereocenters. The van der Waals surface area contributed by atoms with Gasteiger partial charge in [-0.05, 0) is 55.8 Å². The zero-order valence-electron chi connectivity index (χ0n) is 16.5. The van der Waals surface area contributed by atoms with E-state index in [1.165, 1.54) is 0 Å². The van der Waals surface area contributed by atoms with Crippen LogP contribution >= 0.6 is 0 Å². The van der Waals surface area contributed by atoms with Gasteiger partial charge in [0.2, 0.25) is 12.7 Å². The number of benzene rings is 2. The van der Waals surface area contributed by atoms with Crippen LogP contribution in [0.1, 0.15) is 24.5 Å². The molecule has 0 aliphatic carbocycles. The summed E-state index contributed by atoms with van der Waals surface area (Å²) in [6, 6.07) is 12.9. The van der Waals surface area contributed by atoms with E-state index in [2.05, 4.69) is 10.2 Å². The highest BCUT2D eigenvalue weighted by Gasteiger charge is 2.27. The van der Waals surface area contributed by atoms with Gasteiger partial charge in [0.15, 0.2) is 11.5 Å². The SMILES string of the molecule is COc1ccccc1NC(=O)C1CCN(C[C@H](O)c2ccc3c(c2)OCO3)CC1. The fourth-order valence-electron chi connectivity index (χ4n) is 3.83. The Balaban J connectivity index is 1.28. The number of nitrogens with one attached hydrogen (secondary N) is 1. The minimum Gasteiger partial charge on any atom is -0.495 e. The number of fused-ring (bicyclic) bond motifs is 1. The van der Waals surface area contributed by atoms with Gasteiger partial charge in [0.25, 0.3) is 0 Å². The molecule has 29 heavy (non-hydrogen) atoms. The summed E-state index contributed by atoms with van der Waals surface area (Å²) in [5.41, 5.74) is 1.51. The van der Waals surface area contributed by atoms with Crippen molar-refractivity contribution in [3.8, 4) is 17.2 Å². The van der Waals surface area contributed by atoms with Crippen molar-refractivity contribution in [2.45, 2.75) is 18.9 Å². The monoisotopic (exact) mass is 398 g/mol. The van der Waals surface area contributed by atoms with E-state index < -0.39 is 6.10 Å². The number of hydrogen-bond acceptors (Lipinski definition) is 6. The quantitative estimate of drug-likeness (QED) is 0.779. The maximum absolute atomic E-state index is 12.6. The Morgan fingerprint density at radius 3 is 2.76 bits per heavy atom. The number of carbonyl (C=O) groups is 1. The summed E-state index contributed by atoms with van der Waals surface area (Å²) in [7, 11) is 1.59. The van der Waals surface area contributed by atoms with E-state index in [4.69, 9.17) is 14.2 Å². The van der Waals surface area contributed by atoms with Crippen LogP contribution in [0.5, 0.6) is 17.2 Å². The van der Waals surface area contributed by atoms with Crippen LogP contribution in [-0.2, 0) is 4.79 Å². The zero-order chi connectivity index (χ0) is 20.2. The fourth-order valence-corrected chi connectivity index (χ4v) is 3.83. The molecule has 1 fully saturated rings. The average molecular weight is 398 g/mol. The van der Waals surface area contributed by atoms with Crippen LogP contribution in [0.15, 0.2) is 42.5 Å². The molecule has 2 heterocycles. The minimum atomic E-state index is -0.608. The van der Waals surface area contributed by atoms with Crippen LogP contribution < -0.4 is 19.5 Å². The molecule has 0 spiro atoms. The summed E-state index contributed by atoms with van der Waals surface area (Å²) in [5.74, 6) is 2.02. The first-order chi connectivity index (χ1) is 14.1. The van der Waals surface area contributed by atoms with Gasteiger partial charge in [-0.2, -0.15) is 0 Å². The minimum absolute atomic E-state index is 0.0190. The Morgan fingerprint density at radius 2 is 1.97 bits per heavy atom. The van der Waals surface area contributed by atoms with Gasteiger partial charge in [-0.15, -0.1) is 0 Å². The molecule has 0 radical (unpaired) electrons. The van der Waals surface area contributed by atoms with Gasteiger partial charge in [0.1, 0.15) is 5.75 Å². The lowest BCUT2D eigenvalue weighted by Gasteiger charge is -2.32. The smallest absolute Gasteiger partial charge is 0.231 e. The van der Waals surface area contributed by atoms with Crippen molar-refractivity contribution in [1.29, 1.82) is 0 Å².